The molecule has 0 aromatic heterocycles. The highest BCUT2D eigenvalue weighted by molar-refractivity contribution is 5.71. The second-order valence-corrected chi connectivity index (χ2v) is 2.92. The largest absolute Gasteiger partial charge is 0.481 e. The van der Waals surface area contributed by atoms with Crippen molar-refractivity contribution in [1.29, 1.82) is 5.26 Å². The van der Waals surface area contributed by atoms with Crippen molar-refractivity contribution in [2.75, 3.05) is 6.61 Å². The molecule has 0 rings (SSSR count). The number of ether oxygens (including phenoxy) is 1. The van der Waals surface area contributed by atoms with Crippen molar-refractivity contribution in [3.05, 3.63) is 0 Å². The fourth-order valence-corrected chi connectivity index (χ4v) is 0.831. The van der Waals surface area contributed by atoms with E-state index in [0.717, 1.165) is 0 Å². The molecule has 0 aliphatic rings. The van der Waals surface area contributed by atoms with Gasteiger partial charge in [-0.2, -0.15) is 5.26 Å². The van der Waals surface area contributed by atoms with E-state index < -0.39 is 11.9 Å². The Bertz CT molecular complexity index is 332. The van der Waals surface area contributed by atoms with Crippen LogP contribution in [0.5, 0.6) is 0 Å². The Labute approximate surface area is 94.0 Å². The highest BCUT2D eigenvalue weighted by atomic mass is 16.5. The Hall–Kier alpha value is -2.01. The van der Waals surface area contributed by atoms with Crippen LogP contribution >= 0.6 is 0 Å². The number of hydrogen-bond donors (Lipinski definition) is 1. The van der Waals surface area contributed by atoms with Gasteiger partial charge in [0.1, 0.15) is 0 Å². The van der Waals surface area contributed by atoms with Crippen LogP contribution in [0.1, 0.15) is 32.1 Å². The first-order valence-corrected chi connectivity index (χ1v) is 4.87. The first kappa shape index (κ1) is 14.0. The molecule has 0 bridgehead atoms. The lowest BCUT2D eigenvalue weighted by Gasteiger charge is -1.98. The molecule has 0 aliphatic heterocycles. The summed E-state index contributed by atoms with van der Waals surface area (Å²) in [6.07, 6.45) is 1.15. The zero-order chi connectivity index (χ0) is 12.2. The maximum atomic E-state index is 11.0. The van der Waals surface area contributed by atoms with E-state index in [1.54, 1.807) is 0 Å². The second-order valence-electron chi connectivity index (χ2n) is 2.92. The van der Waals surface area contributed by atoms with Crippen LogP contribution in [0.2, 0.25) is 0 Å². The quantitative estimate of drug-likeness (QED) is 0.413. The van der Waals surface area contributed by atoms with Crippen LogP contribution < -0.4 is 0 Å². The van der Waals surface area contributed by atoms with Crippen LogP contribution in [0.15, 0.2) is 0 Å². The summed E-state index contributed by atoms with van der Waals surface area (Å²) in [4.78, 5) is 21.1. The minimum absolute atomic E-state index is 0.00265. The minimum Gasteiger partial charge on any atom is -0.481 e. The molecule has 5 nitrogen and oxygen atoms in total. The van der Waals surface area contributed by atoms with Crippen LogP contribution in [-0.4, -0.2) is 23.7 Å². The molecule has 0 aromatic rings. The first-order valence-electron chi connectivity index (χ1n) is 4.87. The number of carbonyl (C=O) groups is 2. The highest BCUT2D eigenvalue weighted by Crippen LogP contribution is 1.97. The lowest BCUT2D eigenvalue weighted by atomic mass is 10.2. The van der Waals surface area contributed by atoms with Gasteiger partial charge in [0, 0.05) is 25.7 Å². The predicted octanol–water partition coefficient (Wildman–Crippen LogP) is 1.09. The molecule has 0 aromatic carbocycles. The summed E-state index contributed by atoms with van der Waals surface area (Å²) in [5, 5.41) is 16.5. The van der Waals surface area contributed by atoms with Crippen LogP contribution in [0.4, 0.5) is 0 Å². The average Bonchev–Trinajstić information content (AvgIpc) is 2.22. The SMILES string of the molecule is N#CCCC#CCOC(=O)CCCC(=O)O. The van der Waals surface area contributed by atoms with E-state index >= 15 is 0 Å². The number of carbonyl (C=O) groups excluding carboxylic acids is 1. The number of carboxylic acid groups (broad SMARTS) is 1. The molecular formula is C11H13NO4. The Morgan fingerprint density at radius 1 is 1.19 bits per heavy atom. The van der Waals surface area contributed by atoms with E-state index in [4.69, 9.17) is 15.1 Å². The molecule has 0 saturated carbocycles. The van der Waals surface area contributed by atoms with Gasteiger partial charge in [0.2, 0.25) is 0 Å². The Morgan fingerprint density at radius 3 is 2.56 bits per heavy atom. The molecule has 1 N–H and O–H groups in total. The van der Waals surface area contributed by atoms with Gasteiger partial charge in [-0.1, -0.05) is 11.8 Å². The highest BCUT2D eigenvalue weighted by Gasteiger charge is 2.03. The lowest BCUT2D eigenvalue weighted by Crippen LogP contribution is -2.05. The molecule has 0 spiro atoms. The Kier molecular flexibility index (Phi) is 8.34. The van der Waals surface area contributed by atoms with Crippen molar-refractivity contribution in [2.24, 2.45) is 0 Å². The topological polar surface area (TPSA) is 87.4 Å². The van der Waals surface area contributed by atoms with Crippen LogP contribution in [-0.2, 0) is 14.3 Å². The molecule has 0 fully saturated rings. The number of esters is 1. The van der Waals surface area contributed by atoms with Crippen molar-refractivity contribution in [1.82, 2.24) is 0 Å². The predicted molar refractivity (Wildman–Crippen MR) is 55.1 cm³/mol. The van der Waals surface area contributed by atoms with E-state index in [1.807, 2.05) is 6.07 Å². The molecule has 0 atom stereocenters. The number of aliphatic carboxylic acids is 1. The van der Waals surface area contributed by atoms with Gasteiger partial charge in [-0.15, -0.1) is 0 Å². The van der Waals surface area contributed by atoms with Gasteiger partial charge in [-0.25, -0.2) is 0 Å². The summed E-state index contributed by atoms with van der Waals surface area (Å²) in [7, 11) is 0. The maximum absolute atomic E-state index is 11.0. The first-order chi connectivity index (χ1) is 7.66. The van der Waals surface area contributed by atoms with Gasteiger partial charge >= 0.3 is 11.9 Å². The summed E-state index contributed by atoms with van der Waals surface area (Å²) in [6.45, 7) is -0.00265. The molecule has 16 heavy (non-hydrogen) atoms. The second kappa shape index (κ2) is 9.54. The van der Waals surface area contributed by atoms with Crippen molar-refractivity contribution >= 4 is 11.9 Å². The number of nitriles is 1. The summed E-state index contributed by atoms with van der Waals surface area (Å²) in [5.41, 5.74) is 0. The summed E-state index contributed by atoms with van der Waals surface area (Å²) >= 11 is 0. The zero-order valence-corrected chi connectivity index (χ0v) is 8.86. The molecule has 0 saturated heterocycles. The fraction of sp³-hybridized carbons (Fsp3) is 0.545. The van der Waals surface area contributed by atoms with Gasteiger partial charge in [0.15, 0.2) is 6.61 Å². The number of hydrogen-bond acceptors (Lipinski definition) is 4. The fourth-order valence-electron chi connectivity index (χ4n) is 0.831. The van der Waals surface area contributed by atoms with Crippen molar-refractivity contribution < 1.29 is 19.4 Å². The molecule has 0 heterocycles. The van der Waals surface area contributed by atoms with Crippen molar-refractivity contribution in [2.45, 2.75) is 32.1 Å². The molecule has 0 aliphatic carbocycles. The van der Waals surface area contributed by atoms with Gasteiger partial charge in [0.25, 0.3) is 0 Å². The van der Waals surface area contributed by atoms with E-state index in [0.29, 0.717) is 12.8 Å². The monoisotopic (exact) mass is 223 g/mol. The summed E-state index contributed by atoms with van der Waals surface area (Å²) in [6, 6.07) is 1.94. The Balaban J connectivity index is 3.46. The molecule has 0 radical (unpaired) electrons. The number of unbranched alkanes of at least 4 members (excludes halogenated alkanes) is 1. The Morgan fingerprint density at radius 2 is 1.94 bits per heavy atom. The molecule has 5 heteroatoms. The molecule has 0 amide bonds. The van der Waals surface area contributed by atoms with Gasteiger partial charge in [-0.3, -0.25) is 9.59 Å². The van der Waals surface area contributed by atoms with Gasteiger partial charge in [0.05, 0.1) is 6.07 Å². The lowest BCUT2D eigenvalue weighted by molar-refractivity contribution is -0.142. The normalized spacial score (nSPS) is 8.44. The standard InChI is InChI=1S/C11H13NO4/c12-8-3-1-2-4-9-16-11(15)7-5-6-10(13)14/h1,3,5-7,9H2,(H,13,14). The number of rotatable bonds is 6. The number of nitrogens with zero attached hydrogens (tertiary/aromatic N) is 1. The van der Waals surface area contributed by atoms with Crippen LogP contribution in [0.25, 0.3) is 0 Å². The van der Waals surface area contributed by atoms with Crippen molar-refractivity contribution in [3.8, 4) is 17.9 Å². The molecule has 86 valence electrons. The third-order valence-corrected chi connectivity index (χ3v) is 1.56. The van der Waals surface area contributed by atoms with E-state index in [9.17, 15) is 9.59 Å². The smallest absolute Gasteiger partial charge is 0.306 e. The van der Waals surface area contributed by atoms with Crippen LogP contribution in [0.3, 0.4) is 0 Å². The minimum atomic E-state index is -0.927. The average molecular weight is 223 g/mol. The molecule has 0 unspecified atom stereocenters. The maximum Gasteiger partial charge on any atom is 0.306 e. The van der Waals surface area contributed by atoms with E-state index in [-0.39, 0.29) is 25.9 Å². The molecular weight excluding hydrogens is 210 g/mol. The summed E-state index contributed by atoms with van der Waals surface area (Å²) in [5.74, 6) is 3.89. The van der Waals surface area contributed by atoms with E-state index in [1.165, 1.54) is 0 Å². The zero-order valence-electron chi connectivity index (χ0n) is 8.86. The van der Waals surface area contributed by atoms with Crippen LogP contribution in [0, 0.1) is 23.2 Å². The third-order valence-electron chi connectivity index (χ3n) is 1.56. The van der Waals surface area contributed by atoms with Gasteiger partial charge in [-0.05, 0) is 6.42 Å². The van der Waals surface area contributed by atoms with Gasteiger partial charge < -0.3 is 9.84 Å². The van der Waals surface area contributed by atoms with Crippen molar-refractivity contribution in [3.63, 3.8) is 0 Å². The third kappa shape index (κ3) is 10.1. The number of carboxylic acids is 1. The van der Waals surface area contributed by atoms with E-state index in [2.05, 4.69) is 11.8 Å². The summed E-state index contributed by atoms with van der Waals surface area (Å²) < 4.78 is 4.72.